The topological polar surface area (TPSA) is 50.2 Å². The fourth-order valence-electron chi connectivity index (χ4n) is 2.91. The number of para-hydroxylation sites is 1. The second-order valence-electron chi connectivity index (χ2n) is 5.46. The highest BCUT2D eigenvalue weighted by Gasteiger charge is 2.26. The molecule has 3 rings (SSSR count). The van der Waals surface area contributed by atoms with E-state index in [2.05, 4.69) is 10.4 Å². The molecule has 0 unspecified atom stereocenters. The zero-order valence-corrected chi connectivity index (χ0v) is 13.3. The number of hydrogen-bond acceptors (Lipinski definition) is 3. The van der Waals surface area contributed by atoms with Gasteiger partial charge in [-0.15, -0.1) is 0 Å². The van der Waals surface area contributed by atoms with Gasteiger partial charge in [-0.05, 0) is 25.0 Å². The average Bonchev–Trinajstić information content (AvgIpc) is 3.01. The lowest BCUT2D eigenvalue weighted by molar-refractivity contribution is 0.0691. The normalized spacial score (nSPS) is 15.8. The van der Waals surface area contributed by atoms with Gasteiger partial charge in [0.25, 0.3) is 5.91 Å². The van der Waals surface area contributed by atoms with Crippen molar-refractivity contribution in [1.29, 1.82) is 0 Å². The van der Waals surface area contributed by atoms with Crippen molar-refractivity contribution in [3.05, 3.63) is 47.2 Å². The van der Waals surface area contributed by atoms with E-state index >= 15 is 0 Å². The molecule has 0 bridgehead atoms. The second kappa shape index (κ2) is 6.40. The fraction of sp³-hybridized carbons (Fsp3) is 0.375. The molecule has 1 aromatic heterocycles. The van der Waals surface area contributed by atoms with Crippen LogP contribution in [-0.2, 0) is 0 Å². The van der Waals surface area contributed by atoms with Gasteiger partial charge >= 0.3 is 0 Å². The van der Waals surface area contributed by atoms with E-state index in [0.29, 0.717) is 11.1 Å². The number of aromatic nitrogens is 2. The molecule has 0 aliphatic carbocycles. The van der Waals surface area contributed by atoms with Gasteiger partial charge in [0.05, 0.1) is 22.8 Å². The third-order valence-corrected chi connectivity index (χ3v) is 4.32. The zero-order chi connectivity index (χ0) is 15.5. The first-order chi connectivity index (χ1) is 10.7. The Morgan fingerprint density at radius 2 is 2.05 bits per heavy atom. The van der Waals surface area contributed by atoms with Gasteiger partial charge in [-0.1, -0.05) is 23.7 Å². The van der Waals surface area contributed by atoms with Crippen molar-refractivity contribution in [3.8, 4) is 0 Å². The molecule has 1 aromatic carbocycles. The molecule has 6 heteroatoms. The van der Waals surface area contributed by atoms with Gasteiger partial charge < -0.3 is 10.2 Å². The van der Waals surface area contributed by atoms with Crippen LogP contribution in [0.3, 0.4) is 0 Å². The van der Waals surface area contributed by atoms with Crippen molar-refractivity contribution in [1.82, 2.24) is 14.7 Å². The molecule has 1 amide bonds. The first-order valence-electron chi connectivity index (χ1n) is 7.44. The summed E-state index contributed by atoms with van der Waals surface area (Å²) in [7, 11) is 1.83. The number of anilines is 1. The molecular weight excluding hydrogens is 300 g/mol. The van der Waals surface area contributed by atoms with Crippen molar-refractivity contribution < 1.29 is 4.79 Å². The van der Waals surface area contributed by atoms with E-state index in [9.17, 15) is 4.79 Å². The highest BCUT2D eigenvalue weighted by atomic mass is 35.5. The predicted octanol–water partition coefficient (Wildman–Crippen LogP) is 3.06. The highest BCUT2D eigenvalue weighted by molar-refractivity contribution is 6.30. The Morgan fingerprint density at radius 3 is 2.68 bits per heavy atom. The summed E-state index contributed by atoms with van der Waals surface area (Å²) in [5, 5.41) is 8.00. The molecule has 22 heavy (non-hydrogen) atoms. The smallest absolute Gasteiger partial charge is 0.255 e. The molecule has 0 saturated carbocycles. The number of carbonyl (C=O) groups is 1. The van der Waals surface area contributed by atoms with Crippen LogP contribution in [0.25, 0.3) is 0 Å². The van der Waals surface area contributed by atoms with Crippen molar-refractivity contribution in [2.75, 3.05) is 25.5 Å². The third-order valence-electron chi connectivity index (χ3n) is 4.12. The van der Waals surface area contributed by atoms with Crippen LogP contribution in [0.4, 0.5) is 5.69 Å². The molecule has 0 radical (unpaired) electrons. The number of benzene rings is 1. The number of halogens is 1. The van der Waals surface area contributed by atoms with E-state index in [1.54, 1.807) is 6.20 Å². The van der Waals surface area contributed by atoms with Gasteiger partial charge in [0.15, 0.2) is 0 Å². The third kappa shape index (κ3) is 2.95. The maximum atomic E-state index is 12.7. The van der Waals surface area contributed by atoms with E-state index in [1.807, 2.05) is 47.1 Å². The molecule has 2 aromatic rings. The average molecular weight is 319 g/mol. The van der Waals surface area contributed by atoms with Gasteiger partial charge in [0.2, 0.25) is 0 Å². The van der Waals surface area contributed by atoms with Crippen molar-refractivity contribution >= 4 is 23.2 Å². The Hall–Kier alpha value is -2.01. The van der Waals surface area contributed by atoms with Gasteiger partial charge in [-0.25, -0.2) is 0 Å². The Labute approximate surface area is 134 Å². The zero-order valence-electron chi connectivity index (χ0n) is 12.5. The Balaban J connectivity index is 1.67. The van der Waals surface area contributed by atoms with Gasteiger partial charge in [-0.2, -0.15) is 5.10 Å². The highest BCUT2D eigenvalue weighted by Crippen LogP contribution is 2.25. The molecule has 5 nitrogen and oxygen atoms in total. The minimum Gasteiger partial charge on any atom is -0.387 e. The lowest BCUT2D eigenvalue weighted by atomic mass is 10.0. The summed E-state index contributed by atoms with van der Waals surface area (Å²) in [6.07, 6.45) is 5.29. The fourth-order valence-corrected chi connectivity index (χ4v) is 3.05. The molecule has 1 saturated heterocycles. The van der Waals surface area contributed by atoms with Gasteiger partial charge in [0, 0.05) is 32.0 Å². The van der Waals surface area contributed by atoms with Crippen LogP contribution in [0.5, 0.6) is 0 Å². The van der Waals surface area contributed by atoms with E-state index in [-0.39, 0.29) is 5.91 Å². The Morgan fingerprint density at radius 1 is 1.32 bits per heavy atom. The SMILES string of the molecule is CNc1ccccc1C(=O)N1CCC(n2cc(Cl)cn2)CC1. The monoisotopic (exact) mass is 318 g/mol. The first-order valence-corrected chi connectivity index (χ1v) is 7.82. The molecule has 1 aliphatic heterocycles. The first kappa shape index (κ1) is 14.9. The minimum atomic E-state index is 0.0851. The van der Waals surface area contributed by atoms with E-state index < -0.39 is 0 Å². The summed E-state index contributed by atoms with van der Waals surface area (Å²) in [4.78, 5) is 14.6. The molecule has 1 N–H and O–H groups in total. The maximum Gasteiger partial charge on any atom is 0.255 e. The summed E-state index contributed by atoms with van der Waals surface area (Å²) in [6.45, 7) is 1.47. The quantitative estimate of drug-likeness (QED) is 0.946. The lowest BCUT2D eigenvalue weighted by Gasteiger charge is -2.32. The Bertz CT molecular complexity index is 662. The predicted molar refractivity (Wildman–Crippen MR) is 87.4 cm³/mol. The van der Waals surface area contributed by atoms with Crippen molar-refractivity contribution in [2.45, 2.75) is 18.9 Å². The van der Waals surface area contributed by atoms with Crippen LogP contribution in [-0.4, -0.2) is 40.7 Å². The van der Waals surface area contributed by atoms with Crippen LogP contribution in [0, 0.1) is 0 Å². The molecule has 0 spiro atoms. The van der Waals surface area contributed by atoms with Crippen LogP contribution >= 0.6 is 11.6 Å². The summed E-state index contributed by atoms with van der Waals surface area (Å²) in [5.74, 6) is 0.0851. The van der Waals surface area contributed by atoms with Gasteiger partial charge in [0.1, 0.15) is 0 Å². The molecule has 116 valence electrons. The molecule has 1 fully saturated rings. The summed E-state index contributed by atoms with van der Waals surface area (Å²) < 4.78 is 1.91. The van der Waals surface area contributed by atoms with E-state index in [0.717, 1.165) is 37.2 Å². The number of hydrogen-bond donors (Lipinski definition) is 1. The number of rotatable bonds is 3. The van der Waals surface area contributed by atoms with Crippen LogP contribution in [0.2, 0.25) is 5.02 Å². The van der Waals surface area contributed by atoms with E-state index in [1.165, 1.54) is 0 Å². The molecule has 1 aliphatic rings. The standard InChI is InChI=1S/C16H19ClN4O/c1-18-15-5-3-2-4-14(15)16(22)20-8-6-13(7-9-20)21-11-12(17)10-19-21/h2-5,10-11,13,18H,6-9H2,1H3. The summed E-state index contributed by atoms with van der Waals surface area (Å²) in [6, 6.07) is 7.93. The lowest BCUT2D eigenvalue weighted by Crippen LogP contribution is -2.39. The summed E-state index contributed by atoms with van der Waals surface area (Å²) >= 11 is 5.92. The number of piperidine rings is 1. The second-order valence-corrected chi connectivity index (χ2v) is 5.89. The Kier molecular flexibility index (Phi) is 4.34. The number of likely N-dealkylation sites (tertiary alicyclic amines) is 1. The molecule has 0 atom stereocenters. The summed E-state index contributed by atoms with van der Waals surface area (Å²) in [5.41, 5.74) is 1.60. The largest absolute Gasteiger partial charge is 0.387 e. The molecular formula is C16H19ClN4O. The number of carbonyl (C=O) groups excluding carboxylic acids is 1. The van der Waals surface area contributed by atoms with Crippen molar-refractivity contribution in [3.63, 3.8) is 0 Å². The maximum absolute atomic E-state index is 12.7. The number of nitrogens with zero attached hydrogens (tertiary/aromatic N) is 3. The van der Waals surface area contributed by atoms with Crippen LogP contribution < -0.4 is 5.32 Å². The minimum absolute atomic E-state index is 0.0851. The van der Waals surface area contributed by atoms with Crippen molar-refractivity contribution in [2.24, 2.45) is 0 Å². The molecule has 2 heterocycles. The number of nitrogens with one attached hydrogen (secondary N) is 1. The van der Waals surface area contributed by atoms with Gasteiger partial charge in [-0.3, -0.25) is 9.48 Å². The van der Waals surface area contributed by atoms with Crippen LogP contribution in [0.1, 0.15) is 29.2 Å². The van der Waals surface area contributed by atoms with Crippen LogP contribution in [0.15, 0.2) is 36.7 Å². The van der Waals surface area contributed by atoms with E-state index in [4.69, 9.17) is 11.6 Å². The number of amides is 1.